The van der Waals surface area contributed by atoms with Crippen LogP contribution in [0.15, 0.2) is 91.0 Å². The number of hydrogen-bond donors (Lipinski definition) is 3. The van der Waals surface area contributed by atoms with Gasteiger partial charge in [0.1, 0.15) is 0 Å². The number of nitrogens with one attached hydrogen (secondary N) is 3. The smallest absolute Gasteiger partial charge is 0.303 e. The summed E-state index contributed by atoms with van der Waals surface area (Å²) in [6.45, 7) is 1.03. The number of rotatable bonds is 8. The summed E-state index contributed by atoms with van der Waals surface area (Å²) in [7, 11) is -3.02. The molecule has 0 aliphatic rings. The van der Waals surface area contributed by atoms with Gasteiger partial charge in [-0.15, -0.1) is 0 Å². The zero-order valence-electron chi connectivity index (χ0n) is 13.9. The molecular formula is C20H22N3OP. The summed E-state index contributed by atoms with van der Waals surface area (Å²) in [5.41, 5.74) is 2.98. The number of anilines is 1. The van der Waals surface area contributed by atoms with Crippen LogP contribution in [-0.4, -0.2) is 0 Å². The van der Waals surface area contributed by atoms with Crippen LogP contribution in [-0.2, 0) is 17.7 Å². The average molecular weight is 351 g/mol. The second-order valence-electron chi connectivity index (χ2n) is 5.73. The van der Waals surface area contributed by atoms with Gasteiger partial charge >= 0.3 is 7.59 Å². The Kier molecular flexibility index (Phi) is 6.02. The summed E-state index contributed by atoms with van der Waals surface area (Å²) in [5, 5.41) is 9.46. The van der Waals surface area contributed by atoms with Crippen LogP contribution in [0, 0.1) is 0 Å². The molecular weight excluding hydrogens is 329 g/mol. The highest BCUT2D eigenvalue weighted by Gasteiger charge is 2.20. The van der Waals surface area contributed by atoms with Crippen LogP contribution in [0.1, 0.15) is 11.1 Å². The molecule has 3 N–H and O–H groups in total. The molecule has 0 bridgehead atoms. The molecule has 3 aromatic carbocycles. The van der Waals surface area contributed by atoms with E-state index in [1.54, 1.807) is 0 Å². The lowest BCUT2D eigenvalue weighted by Crippen LogP contribution is -2.27. The molecule has 0 saturated carbocycles. The molecule has 0 aromatic heterocycles. The van der Waals surface area contributed by atoms with Crippen LogP contribution in [0.5, 0.6) is 0 Å². The van der Waals surface area contributed by atoms with Gasteiger partial charge in [0, 0.05) is 18.8 Å². The molecule has 0 spiro atoms. The Morgan fingerprint density at radius 1 is 0.600 bits per heavy atom. The van der Waals surface area contributed by atoms with Crippen LogP contribution >= 0.6 is 7.59 Å². The minimum absolute atomic E-state index is 0.514. The fraction of sp³-hybridized carbons (Fsp3) is 0.100. The monoisotopic (exact) mass is 351 g/mol. The second-order valence-corrected chi connectivity index (χ2v) is 7.80. The van der Waals surface area contributed by atoms with Crippen LogP contribution in [0.2, 0.25) is 0 Å². The van der Waals surface area contributed by atoms with Crippen molar-refractivity contribution in [3.63, 3.8) is 0 Å². The summed E-state index contributed by atoms with van der Waals surface area (Å²) in [6.07, 6.45) is 0. The van der Waals surface area contributed by atoms with Gasteiger partial charge in [-0.25, -0.2) is 10.2 Å². The normalized spacial score (nSPS) is 11.2. The van der Waals surface area contributed by atoms with Gasteiger partial charge in [-0.2, -0.15) is 0 Å². The summed E-state index contributed by atoms with van der Waals surface area (Å²) in [6, 6.07) is 29.5. The summed E-state index contributed by atoms with van der Waals surface area (Å²) in [4.78, 5) is 0. The number of hydrogen-bond acceptors (Lipinski definition) is 1. The van der Waals surface area contributed by atoms with Gasteiger partial charge in [0.15, 0.2) is 0 Å². The average Bonchev–Trinajstić information content (AvgIpc) is 2.68. The minimum atomic E-state index is -3.02. The Bertz CT molecular complexity index is 763. The fourth-order valence-corrected chi connectivity index (χ4v) is 4.02. The first-order valence-corrected chi connectivity index (χ1v) is 9.96. The van der Waals surface area contributed by atoms with Crippen molar-refractivity contribution in [3.05, 3.63) is 102 Å². The quantitative estimate of drug-likeness (QED) is 0.511. The molecule has 0 amide bonds. The van der Waals surface area contributed by atoms with Crippen molar-refractivity contribution < 1.29 is 4.57 Å². The lowest BCUT2D eigenvalue weighted by atomic mass is 10.2. The standard InChI is InChI=1S/C20H22N3OP/c24-25(23-20-14-8-3-9-15-20,21-16-18-10-4-1-5-11-18)22-17-19-12-6-2-7-13-19/h1-15H,16-17H2,(H3,21,22,23,24). The molecule has 0 aliphatic heterocycles. The third kappa shape index (κ3) is 5.57. The van der Waals surface area contributed by atoms with Gasteiger partial charge in [-0.1, -0.05) is 78.9 Å². The van der Waals surface area contributed by atoms with Crippen LogP contribution < -0.4 is 15.3 Å². The van der Waals surface area contributed by atoms with E-state index >= 15 is 0 Å². The lowest BCUT2D eigenvalue weighted by molar-refractivity contribution is 0.556. The largest absolute Gasteiger partial charge is 0.313 e. The van der Waals surface area contributed by atoms with Crippen molar-refractivity contribution in [1.82, 2.24) is 10.2 Å². The van der Waals surface area contributed by atoms with E-state index in [2.05, 4.69) is 15.3 Å². The van der Waals surface area contributed by atoms with Gasteiger partial charge in [0.2, 0.25) is 0 Å². The minimum Gasteiger partial charge on any atom is -0.313 e. The molecule has 0 heterocycles. The zero-order chi connectivity index (χ0) is 17.4. The van der Waals surface area contributed by atoms with Gasteiger partial charge < -0.3 is 5.09 Å². The van der Waals surface area contributed by atoms with E-state index in [0.29, 0.717) is 13.1 Å². The summed E-state index contributed by atoms with van der Waals surface area (Å²) in [5.74, 6) is 0. The molecule has 0 radical (unpaired) electrons. The molecule has 25 heavy (non-hydrogen) atoms. The van der Waals surface area contributed by atoms with E-state index < -0.39 is 7.59 Å². The maximum Gasteiger partial charge on any atom is 0.303 e. The Labute approximate surface area is 148 Å². The van der Waals surface area contributed by atoms with Crippen LogP contribution in [0.25, 0.3) is 0 Å². The van der Waals surface area contributed by atoms with Crippen molar-refractivity contribution in [2.45, 2.75) is 13.1 Å². The van der Waals surface area contributed by atoms with E-state index in [1.165, 1.54) is 0 Å². The van der Waals surface area contributed by atoms with E-state index in [-0.39, 0.29) is 0 Å². The van der Waals surface area contributed by atoms with Crippen molar-refractivity contribution in [1.29, 1.82) is 0 Å². The SMILES string of the molecule is O=P(NCc1ccccc1)(NCc1ccccc1)Nc1ccccc1. The third-order valence-corrected chi connectivity index (χ3v) is 5.54. The highest BCUT2D eigenvalue weighted by molar-refractivity contribution is 7.61. The highest BCUT2D eigenvalue weighted by atomic mass is 31.2. The number of para-hydroxylation sites is 1. The molecule has 128 valence electrons. The molecule has 0 aliphatic carbocycles. The van der Waals surface area contributed by atoms with Gasteiger partial charge in [0.05, 0.1) is 0 Å². The van der Waals surface area contributed by atoms with Crippen molar-refractivity contribution in [3.8, 4) is 0 Å². The number of benzene rings is 3. The van der Waals surface area contributed by atoms with E-state index in [9.17, 15) is 4.57 Å². The van der Waals surface area contributed by atoms with Gasteiger partial charge in [-0.3, -0.25) is 4.57 Å². The molecule has 3 aromatic rings. The third-order valence-electron chi connectivity index (χ3n) is 3.76. The first-order valence-electron chi connectivity index (χ1n) is 8.25. The lowest BCUT2D eigenvalue weighted by Gasteiger charge is -2.23. The fourth-order valence-electron chi connectivity index (χ4n) is 2.43. The maximum atomic E-state index is 13.4. The molecule has 5 heteroatoms. The molecule has 0 fully saturated rings. The van der Waals surface area contributed by atoms with Crippen LogP contribution in [0.3, 0.4) is 0 Å². The van der Waals surface area contributed by atoms with Crippen molar-refractivity contribution in [2.24, 2.45) is 0 Å². The molecule has 0 atom stereocenters. The molecule has 0 unspecified atom stereocenters. The van der Waals surface area contributed by atoms with Gasteiger partial charge in [0.25, 0.3) is 0 Å². The van der Waals surface area contributed by atoms with Crippen molar-refractivity contribution in [2.75, 3.05) is 5.09 Å². The molecule has 4 nitrogen and oxygen atoms in total. The Morgan fingerprint density at radius 2 is 1.00 bits per heavy atom. The Hall–Kier alpha value is -2.39. The summed E-state index contributed by atoms with van der Waals surface area (Å²) >= 11 is 0. The van der Waals surface area contributed by atoms with Gasteiger partial charge in [-0.05, 0) is 23.3 Å². The topological polar surface area (TPSA) is 53.2 Å². The Morgan fingerprint density at radius 3 is 1.44 bits per heavy atom. The van der Waals surface area contributed by atoms with E-state index in [4.69, 9.17) is 0 Å². The van der Waals surface area contributed by atoms with E-state index in [0.717, 1.165) is 16.8 Å². The first-order chi connectivity index (χ1) is 12.2. The Balaban J connectivity index is 1.71. The molecule has 3 rings (SSSR count). The second kappa shape index (κ2) is 8.63. The van der Waals surface area contributed by atoms with E-state index in [1.807, 2.05) is 91.0 Å². The predicted octanol–water partition coefficient (Wildman–Crippen LogP) is 4.79. The molecule has 0 saturated heterocycles. The zero-order valence-corrected chi connectivity index (χ0v) is 14.8. The summed E-state index contributed by atoms with van der Waals surface area (Å²) < 4.78 is 13.4. The first kappa shape index (κ1) is 17.4. The maximum absolute atomic E-state index is 13.4. The predicted molar refractivity (Wildman–Crippen MR) is 104 cm³/mol. The van der Waals surface area contributed by atoms with Crippen molar-refractivity contribution >= 4 is 13.3 Å². The highest BCUT2D eigenvalue weighted by Crippen LogP contribution is 2.37. The van der Waals surface area contributed by atoms with Crippen LogP contribution in [0.4, 0.5) is 5.69 Å².